The van der Waals surface area contributed by atoms with Gasteiger partial charge in [0.05, 0.1) is 6.61 Å². The van der Waals surface area contributed by atoms with Gasteiger partial charge in [0.2, 0.25) is 0 Å². The summed E-state index contributed by atoms with van der Waals surface area (Å²) < 4.78 is 4.92. The molecule has 0 atom stereocenters. The van der Waals surface area contributed by atoms with Crippen LogP contribution in [0.25, 0.3) is 0 Å². The largest absolute Gasteiger partial charge is 0.383 e. The van der Waals surface area contributed by atoms with Crippen LogP contribution in [0, 0.1) is 6.92 Å². The highest BCUT2D eigenvalue weighted by atomic mass is 16.5. The minimum atomic E-state index is -0.175. The molecule has 0 aliphatic carbocycles. The van der Waals surface area contributed by atoms with Gasteiger partial charge in [0.1, 0.15) is 17.3 Å². The molecule has 0 saturated carbocycles. The van der Waals surface area contributed by atoms with Crippen molar-refractivity contribution in [2.24, 2.45) is 0 Å². The van der Waals surface area contributed by atoms with Crippen molar-refractivity contribution in [2.45, 2.75) is 26.2 Å². The molecule has 1 saturated heterocycles. The third-order valence-corrected chi connectivity index (χ3v) is 3.33. The van der Waals surface area contributed by atoms with Gasteiger partial charge in [-0.1, -0.05) is 0 Å². The summed E-state index contributed by atoms with van der Waals surface area (Å²) in [6.45, 7) is 4.80. The summed E-state index contributed by atoms with van der Waals surface area (Å²) in [5.41, 5.74) is 0.425. The lowest BCUT2D eigenvalue weighted by Crippen LogP contribution is -2.32. The van der Waals surface area contributed by atoms with Gasteiger partial charge in [0.15, 0.2) is 0 Å². The summed E-state index contributed by atoms with van der Waals surface area (Å²) in [6, 6.07) is 1.78. The lowest BCUT2D eigenvalue weighted by atomic mass is 10.1. The number of piperidine rings is 1. The Morgan fingerprint density at radius 2 is 2.10 bits per heavy atom. The molecule has 1 aromatic rings. The highest BCUT2D eigenvalue weighted by Crippen LogP contribution is 2.18. The maximum atomic E-state index is 12.0. The van der Waals surface area contributed by atoms with E-state index in [1.54, 1.807) is 13.2 Å². The number of rotatable bonds is 5. The van der Waals surface area contributed by atoms with E-state index in [1.807, 2.05) is 6.92 Å². The van der Waals surface area contributed by atoms with Crippen molar-refractivity contribution in [2.75, 3.05) is 38.3 Å². The maximum absolute atomic E-state index is 12.0. The Kier molecular flexibility index (Phi) is 5.29. The number of hydrogen-bond donors (Lipinski definition) is 1. The van der Waals surface area contributed by atoms with Crippen molar-refractivity contribution in [1.82, 2.24) is 15.3 Å². The molecule has 20 heavy (non-hydrogen) atoms. The van der Waals surface area contributed by atoms with Crippen LogP contribution in [0.5, 0.6) is 0 Å². The molecule has 0 radical (unpaired) electrons. The van der Waals surface area contributed by atoms with E-state index in [9.17, 15) is 4.79 Å². The monoisotopic (exact) mass is 278 g/mol. The number of carbonyl (C=O) groups is 1. The van der Waals surface area contributed by atoms with Crippen LogP contribution in [0.3, 0.4) is 0 Å². The Hall–Kier alpha value is -1.69. The summed E-state index contributed by atoms with van der Waals surface area (Å²) in [5.74, 6) is 1.31. The topological polar surface area (TPSA) is 67.3 Å². The molecule has 1 amide bonds. The molecule has 2 rings (SSSR count). The summed E-state index contributed by atoms with van der Waals surface area (Å²) in [6.07, 6.45) is 3.63. The number of methoxy groups -OCH3 is 1. The highest BCUT2D eigenvalue weighted by molar-refractivity contribution is 5.92. The standard InChI is InChI=1S/C14H22N4O2/c1-11-16-12(14(19)15-6-9-20-2)10-13(17-11)18-7-4-3-5-8-18/h10H,3-9H2,1-2H3,(H,15,19). The molecule has 1 N–H and O–H groups in total. The summed E-state index contributed by atoms with van der Waals surface area (Å²) in [5, 5.41) is 2.78. The van der Waals surface area contributed by atoms with Gasteiger partial charge >= 0.3 is 0 Å². The first-order valence-electron chi connectivity index (χ1n) is 7.08. The van der Waals surface area contributed by atoms with Gasteiger partial charge in [-0.05, 0) is 26.2 Å². The summed E-state index contributed by atoms with van der Waals surface area (Å²) in [4.78, 5) is 22.9. The first-order valence-corrected chi connectivity index (χ1v) is 7.08. The average molecular weight is 278 g/mol. The predicted molar refractivity (Wildman–Crippen MR) is 77.0 cm³/mol. The molecule has 0 spiro atoms. The van der Waals surface area contributed by atoms with E-state index < -0.39 is 0 Å². The molecule has 0 bridgehead atoms. The van der Waals surface area contributed by atoms with Crippen molar-refractivity contribution in [3.05, 3.63) is 17.6 Å². The first kappa shape index (κ1) is 14.7. The lowest BCUT2D eigenvalue weighted by Gasteiger charge is -2.28. The van der Waals surface area contributed by atoms with Crippen molar-refractivity contribution in [3.63, 3.8) is 0 Å². The quantitative estimate of drug-likeness (QED) is 0.818. The van der Waals surface area contributed by atoms with Gasteiger partial charge in [-0.15, -0.1) is 0 Å². The number of nitrogens with one attached hydrogen (secondary N) is 1. The van der Waals surface area contributed by atoms with Crippen LogP contribution in [0.1, 0.15) is 35.6 Å². The fourth-order valence-corrected chi connectivity index (χ4v) is 2.31. The second kappa shape index (κ2) is 7.19. The van der Waals surface area contributed by atoms with E-state index in [2.05, 4.69) is 20.2 Å². The number of aromatic nitrogens is 2. The predicted octanol–water partition coefficient (Wildman–Crippen LogP) is 1.15. The minimum Gasteiger partial charge on any atom is -0.383 e. The van der Waals surface area contributed by atoms with Crippen LogP contribution >= 0.6 is 0 Å². The van der Waals surface area contributed by atoms with E-state index in [-0.39, 0.29) is 5.91 Å². The SMILES string of the molecule is COCCNC(=O)c1cc(N2CCCCC2)nc(C)n1. The van der Waals surface area contributed by atoms with Gasteiger partial charge in [-0.2, -0.15) is 0 Å². The number of nitrogens with zero attached hydrogens (tertiary/aromatic N) is 3. The molecule has 2 heterocycles. The number of anilines is 1. The zero-order valence-electron chi connectivity index (χ0n) is 12.2. The number of aryl methyl sites for hydroxylation is 1. The fourth-order valence-electron chi connectivity index (χ4n) is 2.31. The molecular formula is C14H22N4O2. The summed E-state index contributed by atoms with van der Waals surface area (Å²) in [7, 11) is 1.61. The smallest absolute Gasteiger partial charge is 0.270 e. The number of amides is 1. The summed E-state index contributed by atoms with van der Waals surface area (Å²) >= 11 is 0. The maximum Gasteiger partial charge on any atom is 0.270 e. The average Bonchev–Trinajstić information content (AvgIpc) is 2.47. The third-order valence-electron chi connectivity index (χ3n) is 3.33. The molecule has 0 aromatic carbocycles. The molecular weight excluding hydrogens is 256 g/mol. The van der Waals surface area contributed by atoms with Gasteiger partial charge < -0.3 is 15.0 Å². The van der Waals surface area contributed by atoms with Crippen LogP contribution in [0.15, 0.2) is 6.07 Å². The molecule has 1 aliphatic heterocycles. The van der Waals surface area contributed by atoms with Gasteiger partial charge in [-0.3, -0.25) is 4.79 Å². The number of ether oxygens (including phenoxy) is 1. The normalized spacial score (nSPS) is 15.2. The van der Waals surface area contributed by atoms with E-state index >= 15 is 0 Å². The minimum absolute atomic E-state index is 0.175. The Bertz CT molecular complexity index is 458. The molecule has 6 heteroatoms. The fraction of sp³-hybridized carbons (Fsp3) is 0.643. The molecule has 1 aliphatic rings. The third kappa shape index (κ3) is 3.90. The molecule has 1 fully saturated rings. The lowest BCUT2D eigenvalue weighted by molar-refractivity contribution is 0.0931. The molecule has 1 aromatic heterocycles. The van der Waals surface area contributed by atoms with E-state index in [0.717, 1.165) is 18.9 Å². The van der Waals surface area contributed by atoms with Crippen LogP contribution in [-0.2, 0) is 4.74 Å². The van der Waals surface area contributed by atoms with Crippen molar-refractivity contribution in [3.8, 4) is 0 Å². The Balaban J connectivity index is 2.09. The van der Waals surface area contributed by atoms with Crippen LogP contribution in [-0.4, -0.2) is 49.2 Å². The second-order valence-corrected chi connectivity index (χ2v) is 4.96. The molecule has 0 unspecified atom stereocenters. The highest BCUT2D eigenvalue weighted by Gasteiger charge is 2.16. The zero-order valence-corrected chi connectivity index (χ0v) is 12.2. The van der Waals surface area contributed by atoms with Crippen LogP contribution in [0.2, 0.25) is 0 Å². The van der Waals surface area contributed by atoms with Crippen molar-refractivity contribution < 1.29 is 9.53 Å². The Morgan fingerprint density at radius 3 is 2.80 bits per heavy atom. The van der Waals surface area contributed by atoms with Crippen molar-refractivity contribution >= 4 is 11.7 Å². The van der Waals surface area contributed by atoms with E-state index in [0.29, 0.717) is 24.7 Å². The molecule has 110 valence electrons. The van der Waals surface area contributed by atoms with Gasteiger partial charge in [-0.25, -0.2) is 9.97 Å². The first-order chi connectivity index (χ1) is 9.70. The van der Waals surface area contributed by atoms with E-state index in [1.165, 1.54) is 19.3 Å². The number of carbonyl (C=O) groups excluding carboxylic acids is 1. The van der Waals surface area contributed by atoms with Gasteiger partial charge in [0.25, 0.3) is 5.91 Å². The molecule has 6 nitrogen and oxygen atoms in total. The van der Waals surface area contributed by atoms with E-state index in [4.69, 9.17) is 4.74 Å². The van der Waals surface area contributed by atoms with Crippen LogP contribution < -0.4 is 10.2 Å². The van der Waals surface area contributed by atoms with Crippen LogP contribution in [0.4, 0.5) is 5.82 Å². The van der Waals surface area contributed by atoms with Gasteiger partial charge in [0, 0.05) is 32.8 Å². The Morgan fingerprint density at radius 1 is 1.35 bits per heavy atom. The van der Waals surface area contributed by atoms with Crippen molar-refractivity contribution in [1.29, 1.82) is 0 Å². The zero-order chi connectivity index (χ0) is 14.4. The second-order valence-electron chi connectivity index (χ2n) is 4.96. The number of hydrogen-bond acceptors (Lipinski definition) is 5. The Labute approximate surface area is 119 Å².